The van der Waals surface area contributed by atoms with Crippen LogP contribution in [0.4, 0.5) is 8.78 Å². The zero-order valence-electron chi connectivity index (χ0n) is 15.7. The molecular weight excluding hydrogens is 372 g/mol. The van der Waals surface area contributed by atoms with E-state index < -0.39 is 11.6 Å². The smallest absolute Gasteiger partial charge is 0.262 e. The lowest BCUT2D eigenvalue weighted by Gasteiger charge is -2.13. The highest BCUT2D eigenvalue weighted by molar-refractivity contribution is 5.58. The summed E-state index contributed by atoms with van der Waals surface area (Å²) in [7, 11) is 0. The fourth-order valence-corrected chi connectivity index (χ4v) is 3.41. The van der Waals surface area contributed by atoms with E-state index in [0.717, 1.165) is 23.3 Å². The van der Waals surface area contributed by atoms with Crippen LogP contribution in [0.2, 0.25) is 0 Å². The molecule has 2 heterocycles. The highest BCUT2D eigenvalue weighted by Gasteiger charge is 2.23. The fourth-order valence-electron chi connectivity index (χ4n) is 3.41. The molecule has 3 nitrogen and oxygen atoms in total. The second-order valence-electron chi connectivity index (χ2n) is 6.95. The van der Waals surface area contributed by atoms with E-state index >= 15 is 0 Å². The maximum atomic E-state index is 13.5. The third-order valence-electron chi connectivity index (χ3n) is 4.99. The average molecular weight is 389 g/mol. The number of allylic oxidation sites excluding steroid dienone is 1. The van der Waals surface area contributed by atoms with Crippen molar-refractivity contribution in [3.8, 4) is 17.6 Å². The molecule has 1 aliphatic heterocycles. The maximum absolute atomic E-state index is 13.5. The van der Waals surface area contributed by atoms with Gasteiger partial charge in [0.15, 0.2) is 11.6 Å². The molecule has 5 heteroatoms. The Bertz CT molecular complexity index is 1260. The summed E-state index contributed by atoms with van der Waals surface area (Å²) in [5, 5.41) is 10.6. The summed E-state index contributed by atoms with van der Waals surface area (Å²) < 4.78 is 28.2. The van der Waals surface area contributed by atoms with Gasteiger partial charge in [-0.15, -0.1) is 0 Å². The van der Waals surface area contributed by atoms with E-state index in [2.05, 4.69) is 11.8 Å². The lowest BCUT2D eigenvalue weighted by Crippen LogP contribution is -2.23. The Morgan fingerprint density at radius 1 is 1.07 bits per heavy atom. The van der Waals surface area contributed by atoms with Crippen LogP contribution in [0.3, 0.4) is 0 Å². The zero-order valence-corrected chi connectivity index (χ0v) is 15.7. The monoisotopic (exact) mass is 389 g/mol. The largest absolute Gasteiger partial charge is 0.507 e. The molecule has 0 bridgehead atoms. The molecule has 1 aliphatic rings. The minimum absolute atomic E-state index is 0.00184. The van der Waals surface area contributed by atoms with Crippen molar-refractivity contribution in [1.29, 1.82) is 0 Å². The van der Waals surface area contributed by atoms with Crippen molar-refractivity contribution in [2.45, 2.75) is 19.8 Å². The Morgan fingerprint density at radius 2 is 1.83 bits per heavy atom. The van der Waals surface area contributed by atoms with Gasteiger partial charge in [-0.3, -0.25) is 9.36 Å². The number of halogens is 2. The van der Waals surface area contributed by atoms with Crippen LogP contribution in [0, 0.1) is 30.4 Å². The molecule has 2 aromatic carbocycles. The molecule has 29 heavy (non-hydrogen) atoms. The van der Waals surface area contributed by atoms with Crippen LogP contribution in [-0.4, -0.2) is 9.67 Å². The summed E-state index contributed by atoms with van der Waals surface area (Å²) in [6.45, 7) is 1.73. The summed E-state index contributed by atoms with van der Waals surface area (Å²) in [5.74, 6) is 4.09. The molecule has 0 radical (unpaired) electrons. The first-order valence-corrected chi connectivity index (χ1v) is 9.11. The van der Waals surface area contributed by atoms with Crippen molar-refractivity contribution < 1.29 is 13.9 Å². The molecule has 0 saturated carbocycles. The Kier molecular flexibility index (Phi) is 4.77. The Balaban J connectivity index is 1.71. The third-order valence-corrected chi connectivity index (χ3v) is 4.99. The molecular formula is C24H17F2NO2. The van der Waals surface area contributed by atoms with Crippen molar-refractivity contribution in [3.05, 3.63) is 104 Å². The van der Waals surface area contributed by atoms with E-state index in [4.69, 9.17) is 0 Å². The molecule has 0 saturated heterocycles. The van der Waals surface area contributed by atoms with Gasteiger partial charge in [-0.1, -0.05) is 36.1 Å². The van der Waals surface area contributed by atoms with Crippen LogP contribution >= 0.6 is 0 Å². The minimum Gasteiger partial charge on any atom is -0.507 e. The number of rotatable bonds is 2. The van der Waals surface area contributed by atoms with E-state index in [1.54, 1.807) is 13.1 Å². The molecule has 3 aromatic rings. The Morgan fingerprint density at radius 3 is 2.55 bits per heavy atom. The molecule has 0 fully saturated rings. The SMILES string of the molecule is Cc1c(O)c(Cc2ccc(F)c(F)c2)c(=O)n2c1CC(C#Cc1ccccc1)=C2. The van der Waals surface area contributed by atoms with Gasteiger partial charge >= 0.3 is 0 Å². The number of benzene rings is 2. The molecule has 1 N–H and O–H groups in total. The summed E-state index contributed by atoms with van der Waals surface area (Å²) in [6, 6.07) is 13.0. The molecule has 0 amide bonds. The van der Waals surface area contributed by atoms with Gasteiger partial charge in [-0.2, -0.15) is 0 Å². The molecule has 0 atom stereocenters. The highest BCUT2D eigenvalue weighted by Crippen LogP contribution is 2.29. The van der Waals surface area contributed by atoms with Gasteiger partial charge < -0.3 is 5.11 Å². The number of hydrogen-bond acceptors (Lipinski definition) is 2. The van der Waals surface area contributed by atoms with E-state index in [0.29, 0.717) is 23.2 Å². The molecule has 144 valence electrons. The standard InChI is InChI=1S/C24H17F2NO2/c1-15-22-13-18(8-7-16-5-3-2-4-6-16)14-27(22)24(29)19(23(15)28)11-17-9-10-20(25)21(26)12-17/h2-6,9-10,12,14,28H,11,13H2,1H3. The van der Waals surface area contributed by atoms with Crippen molar-refractivity contribution in [2.75, 3.05) is 0 Å². The van der Waals surface area contributed by atoms with Gasteiger partial charge in [0.25, 0.3) is 5.56 Å². The summed E-state index contributed by atoms with van der Waals surface area (Å²) in [5.41, 5.74) is 3.06. The maximum Gasteiger partial charge on any atom is 0.262 e. The van der Waals surface area contributed by atoms with Gasteiger partial charge in [0.2, 0.25) is 0 Å². The van der Waals surface area contributed by atoms with E-state index in [9.17, 15) is 18.7 Å². The van der Waals surface area contributed by atoms with E-state index in [1.165, 1.54) is 10.6 Å². The molecule has 1 aromatic heterocycles. The van der Waals surface area contributed by atoms with Gasteiger partial charge in [0, 0.05) is 41.4 Å². The van der Waals surface area contributed by atoms with Crippen molar-refractivity contribution in [2.24, 2.45) is 0 Å². The minimum atomic E-state index is -0.988. The normalized spacial score (nSPS) is 12.2. The summed E-state index contributed by atoms with van der Waals surface area (Å²) in [6.07, 6.45) is 2.12. The number of hydrogen-bond donors (Lipinski definition) is 1. The third kappa shape index (κ3) is 3.57. The lowest BCUT2D eigenvalue weighted by molar-refractivity contribution is 0.460. The fraction of sp³-hybridized carbons (Fsp3) is 0.125. The molecule has 0 unspecified atom stereocenters. The van der Waals surface area contributed by atoms with Crippen LogP contribution < -0.4 is 5.56 Å². The first-order chi connectivity index (χ1) is 13.9. The van der Waals surface area contributed by atoms with Crippen LogP contribution in [0.5, 0.6) is 5.75 Å². The number of pyridine rings is 1. The highest BCUT2D eigenvalue weighted by atomic mass is 19.2. The van der Waals surface area contributed by atoms with Crippen molar-refractivity contribution in [3.63, 3.8) is 0 Å². The van der Waals surface area contributed by atoms with Crippen molar-refractivity contribution in [1.82, 2.24) is 4.57 Å². The Hall–Kier alpha value is -3.65. The molecule has 0 aliphatic carbocycles. The van der Waals surface area contributed by atoms with Crippen LogP contribution in [0.25, 0.3) is 6.20 Å². The summed E-state index contributed by atoms with van der Waals surface area (Å²) >= 11 is 0. The van der Waals surface area contributed by atoms with Crippen molar-refractivity contribution >= 4 is 6.20 Å². The van der Waals surface area contributed by atoms with Gasteiger partial charge in [0.1, 0.15) is 5.75 Å². The van der Waals surface area contributed by atoms with Crippen LogP contribution in [0.15, 0.2) is 58.9 Å². The molecule has 0 spiro atoms. The van der Waals surface area contributed by atoms with Gasteiger partial charge in [0.05, 0.1) is 5.56 Å². The van der Waals surface area contributed by atoms with E-state index in [1.807, 2.05) is 30.3 Å². The van der Waals surface area contributed by atoms with Crippen LogP contribution in [0.1, 0.15) is 27.9 Å². The number of aromatic nitrogens is 1. The van der Waals surface area contributed by atoms with Gasteiger partial charge in [-0.25, -0.2) is 8.78 Å². The summed E-state index contributed by atoms with van der Waals surface area (Å²) in [4.78, 5) is 13.0. The zero-order chi connectivity index (χ0) is 20.5. The predicted molar refractivity (Wildman–Crippen MR) is 108 cm³/mol. The first-order valence-electron chi connectivity index (χ1n) is 9.11. The Labute approximate surface area is 166 Å². The lowest BCUT2D eigenvalue weighted by atomic mass is 10.0. The molecule has 4 rings (SSSR count). The first kappa shape index (κ1) is 18.7. The van der Waals surface area contributed by atoms with E-state index in [-0.39, 0.29) is 23.3 Å². The number of aromatic hydroxyl groups is 1. The second-order valence-corrected chi connectivity index (χ2v) is 6.95. The average Bonchev–Trinajstić information content (AvgIpc) is 3.16. The second kappa shape index (κ2) is 7.40. The number of fused-ring (bicyclic) bond motifs is 1. The van der Waals surface area contributed by atoms with Gasteiger partial charge in [-0.05, 0) is 36.8 Å². The topological polar surface area (TPSA) is 42.2 Å². The number of nitrogens with zero attached hydrogens (tertiary/aromatic N) is 1. The quantitative estimate of drug-likeness (QED) is 0.668. The van der Waals surface area contributed by atoms with Crippen LogP contribution in [-0.2, 0) is 12.8 Å². The predicted octanol–water partition coefficient (Wildman–Crippen LogP) is 4.18.